The summed E-state index contributed by atoms with van der Waals surface area (Å²) in [6.45, 7) is 11.8. The van der Waals surface area contributed by atoms with Gasteiger partial charge in [0.05, 0.1) is 6.54 Å². The molecule has 0 spiro atoms. The lowest BCUT2D eigenvalue weighted by molar-refractivity contribution is 0.223. The van der Waals surface area contributed by atoms with Crippen LogP contribution in [-0.2, 0) is 13.0 Å². The molecule has 0 aliphatic carbocycles. The van der Waals surface area contributed by atoms with Crippen molar-refractivity contribution in [2.24, 2.45) is 4.99 Å². The van der Waals surface area contributed by atoms with Crippen molar-refractivity contribution in [3.8, 4) is 0 Å². The van der Waals surface area contributed by atoms with Crippen molar-refractivity contribution >= 4 is 17.3 Å². The van der Waals surface area contributed by atoms with Crippen molar-refractivity contribution in [3.63, 3.8) is 0 Å². The van der Waals surface area contributed by atoms with Gasteiger partial charge in [0.25, 0.3) is 0 Å². The molecule has 22 heavy (non-hydrogen) atoms. The topological polar surface area (TPSA) is 43.8 Å². The summed E-state index contributed by atoms with van der Waals surface area (Å²) in [5.74, 6) is 1.00. The number of aliphatic imine (C=N–C) groups is 1. The molecular weight excluding hydrogens is 294 g/mol. The lowest BCUT2D eigenvalue weighted by atomic mass is 10.2. The predicted octanol–water partition coefficient (Wildman–Crippen LogP) is 2.20. The number of nitrogens with zero attached hydrogens (tertiary/aromatic N) is 4. The first-order valence-corrected chi connectivity index (χ1v) is 9.16. The summed E-state index contributed by atoms with van der Waals surface area (Å²) < 4.78 is 0. The van der Waals surface area contributed by atoms with E-state index >= 15 is 0 Å². The molecule has 0 bridgehead atoms. The van der Waals surface area contributed by atoms with Crippen LogP contribution >= 0.6 is 11.3 Å². The average Bonchev–Trinajstić information content (AvgIpc) is 3.19. The minimum Gasteiger partial charge on any atom is -0.350 e. The highest BCUT2D eigenvalue weighted by atomic mass is 32.1. The molecule has 1 aromatic heterocycles. The largest absolute Gasteiger partial charge is 0.350 e. The first-order valence-electron chi connectivity index (χ1n) is 8.34. The van der Waals surface area contributed by atoms with Gasteiger partial charge in [-0.1, -0.05) is 20.8 Å². The second-order valence-electron chi connectivity index (χ2n) is 5.58. The Morgan fingerprint density at radius 2 is 2.23 bits per heavy atom. The van der Waals surface area contributed by atoms with Crippen molar-refractivity contribution in [1.29, 1.82) is 0 Å². The minimum absolute atomic E-state index is 0.653. The highest BCUT2D eigenvalue weighted by Gasteiger charge is 2.27. The minimum atomic E-state index is 0.653. The number of guanidine groups is 1. The molecule has 1 aromatic rings. The highest BCUT2D eigenvalue weighted by molar-refractivity contribution is 7.11. The summed E-state index contributed by atoms with van der Waals surface area (Å²) in [6, 6.07) is 0.653. The summed E-state index contributed by atoms with van der Waals surface area (Å²) >= 11 is 1.79. The third-order valence-corrected chi connectivity index (χ3v) is 5.49. The standard InChI is InChI=1S/C16H29N5S/c1-5-14-10-18-15(22-14)11-19-16(17-4)21-9-8-13(12-21)20(6-2)7-3/h10,13H,5-9,11-12H2,1-4H3,(H,17,19). The zero-order chi connectivity index (χ0) is 15.9. The van der Waals surface area contributed by atoms with Crippen LogP contribution in [0.5, 0.6) is 0 Å². The van der Waals surface area contributed by atoms with Crippen LogP contribution in [0.4, 0.5) is 0 Å². The summed E-state index contributed by atoms with van der Waals surface area (Å²) in [7, 11) is 1.87. The number of nitrogens with one attached hydrogen (secondary N) is 1. The second kappa shape index (κ2) is 8.48. The molecule has 2 heterocycles. The van der Waals surface area contributed by atoms with Gasteiger partial charge >= 0.3 is 0 Å². The van der Waals surface area contributed by atoms with Crippen LogP contribution < -0.4 is 5.32 Å². The van der Waals surface area contributed by atoms with Gasteiger partial charge in [-0.15, -0.1) is 11.3 Å². The Kier molecular flexibility index (Phi) is 6.64. The van der Waals surface area contributed by atoms with E-state index in [1.165, 1.54) is 11.3 Å². The van der Waals surface area contributed by atoms with Gasteiger partial charge in [-0.3, -0.25) is 9.89 Å². The number of aromatic nitrogens is 1. The summed E-state index contributed by atoms with van der Waals surface area (Å²) in [5.41, 5.74) is 0. The molecule has 0 saturated carbocycles. The van der Waals surface area contributed by atoms with Gasteiger partial charge in [0.15, 0.2) is 5.96 Å². The van der Waals surface area contributed by atoms with Gasteiger partial charge in [0.2, 0.25) is 0 Å². The van der Waals surface area contributed by atoms with Crippen LogP contribution in [0.3, 0.4) is 0 Å². The number of likely N-dealkylation sites (tertiary alicyclic amines) is 1. The summed E-state index contributed by atoms with van der Waals surface area (Å²) in [6.07, 6.45) is 4.26. The monoisotopic (exact) mass is 323 g/mol. The number of rotatable bonds is 6. The van der Waals surface area contributed by atoms with Crippen molar-refractivity contribution in [2.45, 2.75) is 46.2 Å². The van der Waals surface area contributed by atoms with Gasteiger partial charge < -0.3 is 10.2 Å². The third kappa shape index (κ3) is 4.20. The SMILES string of the molecule is CCc1cnc(CNC(=NC)N2CCC(N(CC)CC)C2)s1. The van der Waals surface area contributed by atoms with E-state index in [1.54, 1.807) is 11.3 Å². The maximum Gasteiger partial charge on any atom is 0.194 e. The first kappa shape index (κ1) is 17.2. The van der Waals surface area contributed by atoms with E-state index in [1.807, 2.05) is 13.2 Å². The zero-order valence-electron chi connectivity index (χ0n) is 14.3. The Morgan fingerprint density at radius 3 is 2.82 bits per heavy atom. The fraction of sp³-hybridized carbons (Fsp3) is 0.750. The Hall–Kier alpha value is -1.14. The maximum atomic E-state index is 4.46. The quantitative estimate of drug-likeness (QED) is 0.644. The molecule has 6 heteroatoms. The molecule has 1 N–H and O–H groups in total. The Balaban J connectivity index is 1.87. The maximum absolute atomic E-state index is 4.46. The van der Waals surface area contributed by atoms with Crippen LogP contribution in [0.25, 0.3) is 0 Å². The van der Waals surface area contributed by atoms with Crippen molar-refractivity contribution in [3.05, 3.63) is 16.1 Å². The number of hydrogen-bond acceptors (Lipinski definition) is 4. The molecule has 1 aliphatic rings. The number of thiazole rings is 1. The molecule has 1 unspecified atom stereocenters. The van der Waals surface area contributed by atoms with E-state index in [0.717, 1.165) is 50.1 Å². The van der Waals surface area contributed by atoms with Crippen molar-refractivity contribution in [1.82, 2.24) is 20.1 Å². The third-order valence-electron chi connectivity index (χ3n) is 4.35. The van der Waals surface area contributed by atoms with Gasteiger partial charge in [0.1, 0.15) is 5.01 Å². The van der Waals surface area contributed by atoms with Gasteiger partial charge in [-0.2, -0.15) is 0 Å². The summed E-state index contributed by atoms with van der Waals surface area (Å²) in [5, 5.41) is 4.60. The normalized spacial score (nSPS) is 19.2. The number of hydrogen-bond donors (Lipinski definition) is 1. The van der Waals surface area contributed by atoms with Crippen molar-refractivity contribution in [2.75, 3.05) is 33.2 Å². The molecular formula is C16H29N5S. The zero-order valence-corrected chi connectivity index (χ0v) is 15.1. The molecule has 1 saturated heterocycles. The smallest absolute Gasteiger partial charge is 0.194 e. The Labute approximate surface area is 138 Å². The van der Waals surface area contributed by atoms with E-state index < -0.39 is 0 Å². The Morgan fingerprint density at radius 1 is 1.45 bits per heavy atom. The van der Waals surface area contributed by atoms with Crippen LogP contribution in [0.1, 0.15) is 37.1 Å². The highest BCUT2D eigenvalue weighted by Crippen LogP contribution is 2.16. The molecule has 0 radical (unpaired) electrons. The van der Waals surface area contributed by atoms with E-state index in [4.69, 9.17) is 0 Å². The lowest BCUT2D eigenvalue weighted by Crippen LogP contribution is -2.43. The molecule has 5 nitrogen and oxygen atoms in total. The van der Waals surface area contributed by atoms with Gasteiger partial charge in [-0.25, -0.2) is 4.98 Å². The Bertz CT molecular complexity index is 481. The predicted molar refractivity (Wildman–Crippen MR) is 94.6 cm³/mol. The van der Waals surface area contributed by atoms with E-state index in [9.17, 15) is 0 Å². The van der Waals surface area contributed by atoms with Crippen LogP contribution in [0.15, 0.2) is 11.2 Å². The molecule has 1 aliphatic heterocycles. The fourth-order valence-electron chi connectivity index (χ4n) is 3.05. The molecule has 1 fully saturated rings. The molecule has 0 amide bonds. The lowest BCUT2D eigenvalue weighted by Gasteiger charge is -2.27. The second-order valence-corrected chi connectivity index (χ2v) is 6.78. The molecule has 2 rings (SSSR count). The molecule has 124 valence electrons. The molecule has 1 atom stereocenters. The van der Waals surface area contributed by atoms with Crippen LogP contribution in [0.2, 0.25) is 0 Å². The van der Waals surface area contributed by atoms with Gasteiger partial charge in [-0.05, 0) is 25.9 Å². The van der Waals surface area contributed by atoms with E-state index in [-0.39, 0.29) is 0 Å². The number of likely N-dealkylation sites (N-methyl/N-ethyl adjacent to an activating group) is 1. The first-order chi connectivity index (χ1) is 10.7. The van der Waals surface area contributed by atoms with E-state index in [0.29, 0.717) is 6.04 Å². The molecule has 0 aromatic carbocycles. The fourth-order valence-corrected chi connectivity index (χ4v) is 3.85. The van der Waals surface area contributed by atoms with Crippen LogP contribution in [-0.4, -0.2) is 60.0 Å². The number of aryl methyl sites for hydroxylation is 1. The average molecular weight is 324 g/mol. The van der Waals surface area contributed by atoms with Gasteiger partial charge in [0, 0.05) is 37.3 Å². The summed E-state index contributed by atoms with van der Waals surface area (Å²) in [4.78, 5) is 15.2. The van der Waals surface area contributed by atoms with Crippen LogP contribution in [0, 0.1) is 0 Å². The van der Waals surface area contributed by atoms with Crippen molar-refractivity contribution < 1.29 is 0 Å². The van der Waals surface area contributed by atoms with E-state index in [2.05, 4.69) is 45.9 Å².